The molecular formula is C23H23N3O2. The minimum Gasteiger partial charge on any atom is -0.493 e. The molecule has 142 valence electrons. The van der Waals surface area contributed by atoms with Gasteiger partial charge in [0.25, 0.3) is 0 Å². The summed E-state index contributed by atoms with van der Waals surface area (Å²) in [6.45, 7) is 6.26. The van der Waals surface area contributed by atoms with E-state index in [1.165, 1.54) is 5.56 Å². The molecule has 0 aliphatic carbocycles. The number of hydrogen-bond donors (Lipinski definition) is 0. The molecule has 4 rings (SSSR count). The van der Waals surface area contributed by atoms with Crippen LogP contribution in [0.15, 0.2) is 30.5 Å². The average molecular weight is 373 g/mol. The van der Waals surface area contributed by atoms with Gasteiger partial charge in [-0.1, -0.05) is 0 Å². The largest absolute Gasteiger partial charge is 0.493 e. The van der Waals surface area contributed by atoms with Gasteiger partial charge in [-0.2, -0.15) is 5.26 Å². The normalized spacial score (nSPS) is 14.8. The number of nitriles is 1. The lowest BCUT2D eigenvalue weighted by molar-refractivity contribution is 0.354. The lowest BCUT2D eigenvalue weighted by Crippen LogP contribution is -2.17. The summed E-state index contributed by atoms with van der Waals surface area (Å²) in [6, 6.07) is 10.8. The molecule has 0 amide bonds. The Labute approximate surface area is 165 Å². The van der Waals surface area contributed by atoms with Crippen molar-refractivity contribution < 1.29 is 9.47 Å². The molecule has 3 aromatic rings. The van der Waals surface area contributed by atoms with Crippen LogP contribution in [0.25, 0.3) is 22.4 Å². The average Bonchev–Trinajstić information content (AvgIpc) is 3.00. The highest BCUT2D eigenvalue weighted by molar-refractivity contribution is 5.86. The number of aryl methyl sites for hydroxylation is 1. The molecule has 0 spiro atoms. The van der Waals surface area contributed by atoms with E-state index in [0.717, 1.165) is 40.2 Å². The van der Waals surface area contributed by atoms with Gasteiger partial charge in [0, 0.05) is 34.8 Å². The Balaban J connectivity index is 2.06. The molecule has 28 heavy (non-hydrogen) atoms. The van der Waals surface area contributed by atoms with Gasteiger partial charge in [0.2, 0.25) is 0 Å². The SMILES string of the molecule is COc1cc2c(cc1OC)-c1c(C#N)c(-c3ccnc(C)c3)c(C)n1C(C)C2. The maximum atomic E-state index is 10.1. The highest BCUT2D eigenvalue weighted by Crippen LogP contribution is 2.47. The smallest absolute Gasteiger partial charge is 0.161 e. The van der Waals surface area contributed by atoms with Gasteiger partial charge in [-0.05, 0) is 62.6 Å². The summed E-state index contributed by atoms with van der Waals surface area (Å²) >= 11 is 0. The number of ether oxygens (including phenoxy) is 2. The fourth-order valence-electron chi connectivity index (χ4n) is 4.41. The Morgan fingerprint density at radius 3 is 2.50 bits per heavy atom. The molecule has 0 saturated carbocycles. The van der Waals surface area contributed by atoms with Crippen molar-refractivity contribution in [2.75, 3.05) is 14.2 Å². The highest BCUT2D eigenvalue weighted by Gasteiger charge is 2.31. The van der Waals surface area contributed by atoms with Crippen LogP contribution in [0.4, 0.5) is 0 Å². The molecule has 1 aliphatic heterocycles. The Morgan fingerprint density at radius 2 is 1.86 bits per heavy atom. The van der Waals surface area contributed by atoms with E-state index < -0.39 is 0 Å². The van der Waals surface area contributed by atoms with Gasteiger partial charge in [-0.25, -0.2) is 0 Å². The summed E-state index contributed by atoms with van der Waals surface area (Å²) in [6.07, 6.45) is 2.67. The molecule has 1 aromatic carbocycles. The Kier molecular flexibility index (Phi) is 4.35. The first-order chi connectivity index (χ1) is 13.5. The summed E-state index contributed by atoms with van der Waals surface area (Å²) in [7, 11) is 3.28. The van der Waals surface area contributed by atoms with Crippen molar-refractivity contribution in [1.29, 1.82) is 5.26 Å². The molecule has 1 aliphatic rings. The fourth-order valence-corrected chi connectivity index (χ4v) is 4.41. The summed E-state index contributed by atoms with van der Waals surface area (Å²) in [5, 5.41) is 10.1. The third-order valence-electron chi connectivity index (χ3n) is 5.57. The van der Waals surface area contributed by atoms with Gasteiger partial charge in [-0.3, -0.25) is 4.98 Å². The quantitative estimate of drug-likeness (QED) is 0.659. The van der Waals surface area contributed by atoms with Gasteiger partial charge >= 0.3 is 0 Å². The van der Waals surface area contributed by atoms with Crippen molar-refractivity contribution in [3.05, 3.63) is 53.0 Å². The molecule has 0 bridgehead atoms. The van der Waals surface area contributed by atoms with E-state index in [1.54, 1.807) is 20.4 Å². The molecule has 0 fully saturated rings. The van der Waals surface area contributed by atoms with Crippen molar-refractivity contribution in [3.8, 4) is 40.0 Å². The molecule has 0 radical (unpaired) electrons. The zero-order valence-electron chi connectivity index (χ0n) is 16.8. The first-order valence-electron chi connectivity index (χ1n) is 9.33. The van der Waals surface area contributed by atoms with Crippen molar-refractivity contribution in [2.45, 2.75) is 33.2 Å². The third kappa shape index (κ3) is 2.56. The van der Waals surface area contributed by atoms with Crippen LogP contribution in [0.1, 0.15) is 35.5 Å². The number of nitrogens with zero attached hydrogens (tertiary/aromatic N) is 3. The first kappa shape index (κ1) is 18.1. The van der Waals surface area contributed by atoms with Crippen LogP contribution in [0.3, 0.4) is 0 Å². The van der Waals surface area contributed by atoms with Gasteiger partial charge in [-0.15, -0.1) is 0 Å². The number of pyridine rings is 1. The number of rotatable bonds is 3. The summed E-state index contributed by atoms with van der Waals surface area (Å²) in [4.78, 5) is 4.30. The van der Waals surface area contributed by atoms with E-state index in [4.69, 9.17) is 9.47 Å². The van der Waals surface area contributed by atoms with E-state index >= 15 is 0 Å². The Hall–Kier alpha value is -3.26. The van der Waals surface area contributed by atoms with Crippen LogP contribution < -0.4 is 9.47 Å². The van der Waals surface area contributed by atoms with Crippen LogP contribution in [0.5, 0.6) is 11.5 Å². The third-order valence-corrected chi connectivity index (χ3v) is 5.57. The first-order valence-corrected chi connectivity index (χ1v) is 9.33. The van der Waals surface area contributed by atoms with E-state index in [2.05, 4.69) is 29.5 Å². The van der Waals surface area contributed by atoms with E-state index in [1.807, 2.05) is 31.2 Å². The van der Waals surface area contributed by atoms with Crippen molar-refractivity contribution in [2.24, 2.45) is 0 Å². The van der Waals surface area contributed by atoms with Crippen LogP contribution in [0.2, 0.25) is 0 Å². The fraction of sp³-hybridized carbons (Fsp3) is 0.304. The second kappa shape index (κ2) is 6.72. The van der Waals surface area contributed by atoms with Crippen molar-refractivity contribution in [3.63, 3.8) is 0 Å². The standard InChI is InChI=1S/C23H23N3O2/c1-13-8-16(6-7-25-13)22-15(3)26-14(2)9-17-10-20(27-4)21(28-5)11-18(17)23(26)19(22)12-24/h6-8,10-11,14H,9H2,1-5H3. The predicted octanol–water partition coefficient (Wildman–Crippen LogP) is 4.84. The molecule has 3 heterocycles. The maximum absolute atomic E-state index is 10.1. The minimum atomic E-state index is 0.240. The predicted molar refractivity (Wildman–Crippen MR) is 109 cm³/mol. The van der Waals surface area contributed by atoms with Crippen LogP contribution in [0, 0.1) is 25.2 Å². The highest BCUT2D eigenvalue weighted by atomic mass is 16.5. The zero-order chi connectivity index (χ0) is 20.0. The number of aromatic nitrogens is 2. The summed E-state index contributed by atoms with van der Waals surface area (Å²) < 4.78 is 13.3. The molecule has 2 aromatic heterocycles. The summed E-state index contributed by atoms with van der Waals surface area (Å²) in [5.41, 5.74) is 7.91. The number of methoxy groups -OCH3 is 2. The van der Waals surface area contributed by atoms with Crippen LogP contribution >= 0.6 is 0 Å². The maximum Gasteiger partial charge on any atom is 0.161 e. The van der Waals surface area contributed by atoms with Crippen molar-refractivity contribution in [1.82, 2.24) is 9.55 Å². The van der Waals surface area contributed by atoms with E-state index in [0.29, 0.717) is 17.1 Å². The molecule has 5 nitrogen and oxygen atoms in total. The molecule has 0 saturated heterocycles. The lowest BCUT2D eigenvalue weighted by atomic mass is 9.91. The van der Waals surface area contributed by atoms with Gasteiger partial charge in [0.15, 0.2) is 11.5 Å². The zero-order valence-corrected chi connectivity index (χ0v) is 16.8. The molecule has 0 N–H and O–H groups in total. The number of hydrogen-bond acceptors (Lipinski definition) is 4. The Morgan fingerprint density at radius 1 is 1.14 bits per heavy atom. The lowest BCUT2D eigenvalue weighted by Gasteiger charge is -2.28. The second-order valence-electron chi connectivity index (χ2n) is 7.27. The summed E-state index contributed by atoms with van der Waals surface area (Å²) in [5.74, 6) is 1.39. The number of benzene rings is 1. The van der Waals surface area contributed by atoms with E-state index in [9.17, 15) is 5.26 Å². The topological polar surface area (TPSA) is 60.1 Å². The molecule has 1 unspecified atom stereocenters. The molecule has 5 heteroatoms. The van der Waals surface area contributed by atoms with Crippen LogP contribution in [-0.2, 0) is 6.42 Å². The van der Waals surface area contributed by atoms with Crippen molar-refractivity contribution >= 4 is 0 Å². The van der Waals surface area contributed by atoms with Gasteiger partial charge < -0.3 is 14.0 Å². The van der Waals surface area contributed by atoms with Crippen LogP contribution in [-0.4, -0.2) is 23.8 Å². The van der Waals surface area contributed by atoms with Gasteiger partial charge in [0.05, 0.1) is 25.5 Å². The minimum absolute atomic E-state index is 0.240. The number of fused-ring (bicyclic) bond motifs is 3. The Bertz CT molecular complexity index is 1120. The van der Waals surface area contributed by atoms with Gasteiger partial charge in [0.1, 0.15) is 6.07 Å². The second-order valence-corrected chi connectivity index (χ2v) is 7.27. The molecule has 1 atom stereocenters. The van der Waals surface area contributed by atoms with E-state index in [-0.39, 0.29) is 6.04 Å². The molecular weight excluding hydrogens is 350 g/mol. The monoisotopic (exact) mass is 373 g/mol.